The van der Waals surface area contributed by atoms with Gasteiger partial charge in [-0.05, 0) is 18.2 Å². The van der Waals surface area contributed by atoms with E-state index in [4.69, 9.17) is 9.63 Å². The van der Waals surface area contributed by atoms with Gasteiger partial charge in [0, 0.05) is 5.39 Å². The van der Waals surface area contributed by atoms with Gasteiger partial charge >= 0.3 is 0 Å². The van der Waals surface area contributed by atoms with Gasteiger partial charge in [0.05, 0.1) is 6.20 Å². The van der Waals surface area contributed by atoms with Crippen LogP contribution in [0.5, 0.6) is 5.75 Å². The molecule has 0 aliphatic rings. The van der Waals surface area contributed by atoms with Gasteiger partial charge in [0.15, 0.2) is 5.58 Å². The first-order chi connectivity index (χ1) is 4.86. The molecule has 0 fully saturated rings. The molecule has 0 amide bonds. The summed E-state index contributed by atoms with van der Waals surface area (Å²) in [5.74, 6) is 0.232. The maximum absolute atomic E-state index is 8.98. The smallest absolute Gasteiger partial charge is 0.167 e. The second-order valence-electron chi connectivity index (χ2n) is 2.05. The number of rotatable bonds is 0. The molecule has 0 aliphatic carbocycles. The van der Waals surface area contributed by atoms with E-state index in [-0.39, 0.29) is 5.75 Å². The van der Waals surface area contributed by atoms with Crippen LogP contribution in [-0.2, 0) is 0 Å². The highest BCUT2D eigenvalue weighted by Gasteiger charge is 1.96. The standard InChI is InChI=1S/C7H5NO2/c9-6-1-2-7-5(3-6)4-8-10-7/h1-4,9H. The minimum atomic E-state index is 0.232. The fraction of sp³-hybridized carbons (Fsp3) is 0. The summed E-state index contributed by atoms with van der Waals surface area (Å²) in [6, 6.07) is 4.84. The Morgan fingerprint density at radius 1 is 1.40 bits per heavy atom. The van der Waals surface area contributed by atoms with Crippen molar-refractivity contribution in [3.05, 3.63) is 24.4 Å². The molecule has 1 aromatic heterocycles. The predicted molar refractivity (Wildman–Crippen MR) is 35.7 cm³/mol. The monoisotopic (exact) mass is 135 g/mol. The minimum Gasteiger partial charge on any atom is -0.508 e. The zero-order valence-electron chi connectivity index (χ0n) is 5.11. The van der Waals surface area contributed by atoms with E-state index < -0.39 is 0 Å². The van der Waals surface area contributed by atoms with E-state index in [1.54, 1.807) is 24.4 Å². The first-order valence-electron chi connectivity index (χ1n) is 2.90. The number of phenols is 1. The van der Waals surface area contributed by atoms with Gasteiger partial charge < -0.3 is 9.63 Å². The summed E-state index contributed by atoms with van der Waals surface area (Å²) in [5, 5.41) is 13.4. The highest BCUT2D eigenvalue weighted by molar-refractivity contribution is 5.77. The molecule has 1 heterocycles. The third kappa shape index (κ3) is 0.639. The van der Waals surface area contributed by atoms with Crippen molar-refractivity contribution in [1.82, 2.24) is 5.16 Å². The fourth-order valence-corrected chi connectivity index (χ4v) is 0.860. The van der Waals surface area contributed by atoms with Crippen LogP contribution in [0.25, 0.3) is 11.0 Å². The molecule has 0 aliphatic heterocycles. The predicted octanol–water partition coefficient (Wildman–Crippen LogP) is 1.53. The van der Waals surface area contributed by atoms with E-state index in [1.807, 2.05) is 0 Å². The lowest BCUT2D eigenvalue weighted by atomic mass is 10.2. The molecule has 1 N–H and O–H groups in total. The van der Waals surface area contributed by atoms with Crippen LogP contribution >= 0.6 is 0 Å². The van der Waals surface area contributed by atoms with Crippen LogP contribution in [0, 0.1) is 0 Å². The number of aromatic nitrogens is 1. The summed E-state index contributed by atoms with van der Waals surface area (Å²) in [5.41, 5.74) is 0.692. The van der Waals surface area contributed by atoms with E-state index in [0.29, 0.717) is 5.58 Å². The molecule has 3 heteroatoms. The second-order valence-corrected chi connectivity index (χ2v) is 2.05. The van der Waals surface area contributed by atoms with Gasteiger partial charge in [0.2, 0.25) is 0 Å². The van der Waals surface area contributed by atoms with Gasteiger partial charge in [-0.15, -0.1) is 0 Å². The first kappa shape index (κ1) is 5.29. The van der Waals surface area contributed by atoms with E-state index in [9.17, 15) is 0 Å². The Hall–Kier alpha value is -1.51. The molecule has 0 saturated carbocycles. The molecule has 2 aromatic rings. The zero-order chi connectivity index (χ0) is 6.97. The Balaban J connectivity index is 2.86. The Morgan fingerprint density at radius 2 is 2.30 bits per heavy atom. The molecule has 0 spiro atoms. The van der Waals surface area contributed by atoms with Crippen molar-refractivity contribution in [2.24, 2.45) is 0 Å². The van der Waals surface area contributed by atoms with Crippen LogP contribution in [0.1, 0.15) is 0 Å². The zero-order valence-corrected chi connectivity index (χ0v) is 5.11. The molecule has 0 saturated heterocycles. The maximum atomic E-state index is 8.98. The van der Waals surface area contributed by atoms with Gasteiger partial charge in [-0.1, -0.05) is 5.16 Å². The lowest BCUT2D eigenvalue weighted by Gasteiger charge is -1.86. The normalized spacial score (nSPS) is 10.4. The molecular weight excluding hydrogens is 130 g/mol. The van der Waals surface area contributed by atoms with Gasteiger partial charge in [-0.25, -0.2) is 0 Å². The van der Waals surface area contributed by atoms with Crippen molar-refractivity contribution in [1.29, 1.82) is 0 Å². The summed E-state index contributed by atoms with van der Waals surface area (Å²) >= 11 is 0. The minimum absolute atomic E-state index is 0.232. The van der Waals surface area contributed by atoms with Crippen molar-refractivity contribution >= 4 is 11.0 Å². The number of fused-ring (bicyclic) bond motifs is 1. The van der Waals surface area contributed by atoms with Crippen molar-refractivity contribution in [2.75, 3.05) is 0 Å². The molecule has 3 nitrogen and oxygen atoms in total. The van der Waals surface area contributed by atoms with Crippen molar-refractivity contribution in [3.8, 4) is 5.75 Å². The number of hydrogen-bond acceptors (Lipinski definition) is 3. The van der Waals surface area contributed by atoms with Crippen LogP contribution in [-0.4, -0.2) is 10.3 Å². The molecule has 1 aromatic carbocycles. The SMILES string of the molecule is Oc1ccc2oncc2c1. The van der Waals surface area contributed by atoms with Gasteiger partial charge in [0.25, 0.3) is 0 Å². The average molecular weight is 135 g/mol. The van der Waals surface area contributed by atoms with E-state index in [1.165, 1.54) is 0 Å². The number of benzene rings is 1. The van der Waals surface area contributed by atoms with Crippen molar-refractivity contribution in [3.63, 3.8) is 0 Å². The first-order valence-corrected chi connectivity index (χ1v) is 2.90. The van der Waals surface area contributed by atoms with E-state index in [0.717, 1.165) is 5.39 Å². The lowest BCUT2D eigenvalue weighted by Crippen LogP contribution is -1.62. The third-order valence-electron chi connectivity index (χ3n) is 1.34. The van der Waals surface area contributed by atoms with Gasteiger partial charge in [-0.2, -0.15) is 0 Å². The number of hydrogen-bond donors (Lipinski definition) is 1. The van der Waals surface area contributed by atoms with Crippen LogP contribution in [0.3, 0.4) is 0 Å². The molecule has 0 bridgehead atoms. The summed E-state index contributed by atoms with van der Waals surface area (Å²) in [4.78, 5) is 0. The van der Waals surface area contributed by atoms with Crippen molar-refractivity contribution in [2.45, 2.75) is 0 Å². The Bertz CT molecular complexity index is 353. The topological polar surface area (TPSA) is 46.3 Å². The van der Waals surface area contributed by atoms with Crippen molar-refractivity contribution < 1.29 is 9.63 Å². The van der Waals surface area contributed by atoms with E-state index >= 15 is 0 Å². The van der Waals surface area contributed by atoms with E-state index in [2.05, 4.69) is 5.16 Å². The molecular formula is C7H5NO2. The summed E-state index contributed by atoms with van der Waals surface area (Å²) in [6.45, 7) is 0. The summed E-state index contributed by atoms with van der Waals surface area (Å²) < 4.78 is 4.81. The Morgan fingerprint density at radius 3 is 3.20 bits per heavy atom. The third-order valence-corrected chi connectivity index (χ3v) is 1.34. The molecule has 2 rings (SSSR count). The van der Waals surface area contributed by atoms with Crippen LogP contribution < -0.4 is 0 Å². The quantitative estimate of drug-likeness (QED) is 0.595. The van der Waals surface area contributed by atoms with Gasteiger partial charge in [0.1, 0.15) is 5.75 Å². The molecule has 50 valence electrons. The molecule has 0 unspecified atom stereocenters. The Labute approximate surface area is 56.9 Å². The van der Waals surface area contributed by atoms with Crippen LogP contribution in [0.15, 0.2) is 28.9 Å². The molecule has 10 heavy (non-hydrogen) atoms. The lowest BCUT2D eigenvalue weighted by molar-refractivity contribution is 0.455. The summed E-state index contributed by atoms with van der Waals surface area (Å²) in [7, 11) is 0. The summed E-state index contributed by atoms with van der Waals surface area (Å²) in [6.07, 6.45) is 1.56. The number of aromatic hydroxyl groups is 1. The van der Waals surface area contributed by atoms with Crippen LogP contribution in [0.2, 0.25) is 0 Å². The Kier molecular flexibility index (Phi) is 0.917. The molecule has 0 radical (unpaired) electrons. The largest absolute Gasteiger partial charge is 0.508 e. The fourth-order valence-electron chi connectivity index (χ4n) is 0.860. The molecule has 0 atom stereocenters. The highest BCUT2D eigenvalue weighted by atomic mass is 16.5. The maximum Gasteiger partial charge on any atom is 0.167 e. The highest BCUT2D eigenvalue weighted by Crippen LogP contribution is 2.18. The van der Waals surface area contributed by atoms with Gasteiger partial charge in [-0.3, -0.25) is 0 Å². The second kappa shape index (κ2) is 1.73. The van der Waals surface area contributed by atoms with Crippen LogP contribution in [0.4, 0.5) is 0 Å². The number of nitrogens with zero attached hydrogens (tertiary/aromatic N) is 1. The number of phenolic OH excluding ortho intramolecular Hbond substituents is 1. The average Bonchev–Trinajstić information content (AvgIpc) is 2.33.